The van der Waals surface area contributed by atoms with E-state index in [-0.39, 0.29) is 6.10 Å². The van der Waals surface area contributed by atoms with Crippen LogP contribution in [0, 0.1) is 0 Å². The maximum absolute atomic E-state index is 5.84. The first-order valence-corrected chi connectivity index (χ1v) is 5.62. The van der Waals surface area contributed by atoms with E-state index in [1.165, 1.54) is 0 Å². The fraction of sp³-hybridized carbons (Fsp3) is 0.417. The molecule has 1 aromatic rings. The number of hydrogen-bond acceptors (Lipinski definition) is 5. The van der Waals surface area contributed by atoms with Crippen LogP contribution >= 0.6 is 0 Å². The summed E-state index contributed by atoms with van der Waals surface area (Å²) in [6, 6.07) is 5.54. The summed E-state index contributed by atoms with van der Waals surface area (Å²) in [7, 11) is 1.63. The van der Waals surface area contributed by atoms with E-state index in [2.05, 4.69) is 10.3 Å². The number of rotatable bonds is 2. The van der Waals surface area contributed by atoms with Gasteiger partial charge < -0.3 is 19.5 Å². The Morgan fingerprint density at radius 3 is 3.12 bits per heavy atom. The maximum atomic E-state index is 5.84. The average Bonchev–Trinajstić information content (AvgIpc) is 2.91. The van der Waals surface area contributed by atoms with E-state index < -0.39 is 0 Å². The molecule has 3 rings (SSSR count). The van der Waals surface area contributed by atoms with Crippen molar-refractivity contribution in [1.82, 2.24) is 5.32 Å². The van der Waals surface area contributed by atoms with Crippen LogP contribution in [-0.2, 0) is 0 Å². The molecule has 1 unspecified atom stereocenters. The Morgan fingerprint density at radius 1 is 1.41 bits per heavy atom. The smallest absolute Gasteiger partial charge is 0.189 e. The normalized spacial score (nSPS) is 21.7. The van der Waals surface area contributed by atoms with E-state index in [9.17, 15) is 0 Å². The minimum absolute atomic E-state index is 0.126. The summed E-state index contributed by atoms with van der Waals surface area (Å²) >= 11 is 0. The first kappa shape index (κ1) is 10.3. The first-order chi connectivity index (χ1) is 8.36. The van der Waals surface area contributed by atoms with Gasteiger partial charge >= 0.3 is 0 Å². The third-order valence-corrected chi connectivity index (χ3v) is 2.82. The molecule has 0 bridgehead atoms. The van der Waals surface area contributed by atoms with Gasteiger partial charge in [0.25, 0.3) is 0 Å². The van der Waals surface area contributed by atoms with Crippen LogP contribution < -0.4 is 19.5 Å². The van der Waals surface area contributed by atoms with Crippen molar-refractivity contribution in [3.63, 3.8) is 0 Å². The lowest BCUT2D eigenvalue weighted by Gasteiger charge is -2.26. The van der Waals surface area contributed by atoms with Crippen LogP contribution in [0.25, 0.3) is 0 Å². The highest BCUT2D eigenvalue weighted by molar-refractivity contribution is 5.88. The molecule has 2 heterocycles. The fourth-order valence-electron chi connectivity index (χ4n) is 1.94. The Kier molecular flexibility index (Phi) is 2.51. The lowest BCUT2D eigenvalue weighted by molar-refractivity contribution is 0.132. The summed E-state index contributed by atoms with van der Waals surface area (Å²) < 4.78 is 16.6. The van der Waals surface area contributed by atoms with Gasteiger partial charge in [-0.05, 0) is 12.1 Å². The Balaban J connectivity index is 1.81. The molecule has 0 saturated heterocycles. The van der Waals surface area contributed by atoms with Crippen molar-refractivity contribution < 1.29 is 14.2 Å². The molecule has 0 radical (unpaired) electrons. The molecule has 90 valence electrons. The van der Waals surface area contributed by atoms with Crippen molar-refractivity contribution in [3.05, 3.63) is 18.2 Å². The van der Waals surface area contributed by atoms with Gasteiger partial charge in [-0.15, -0.1) is 0 Å². The van der Waals surface area contributed by atoms with Crippen LogP contribution in [-0.4, -0.2) is 38.7 Å². The van der Waals surface area contributed by atoms with Crippen LogP contribution in [0.3, 0.4) is 0 Å². The van der Waals surface area contributed by atoms with Crippen molar-refractivity contribution in [3.8, 4) is 17.2 Å². The highest BCUT2D eigenvalue weighted by atomic mass is 16.6. The largest absolute Gasteiger partial charge is 0.497 e. The Morgan fingerprint density at radius 2 is 2.35 bits per heavy atom. The summed E-state index contributed by atoms with van der Waals surface area (Å²) in [6.45, 7) is 2.17. The Bertz CT molecular complexity index is 459. The molecule has 2 aliphatic heterocycles. The molecule has 17 heavy (non-hydrogen) atoms. The predicted molar refractivity (Wildman–Crippen MR) is 63.2 cm³/mol. The second-order valence-corrected chi connectivity index (χ2v) is 3.92. The molecule has 1 atom stereocenters. The molecule has 0 fully saturated rings. The van der Waals surface area contributed by atoms with Gasteiger partial charge in [-0.25, -0.2) is 0 Å². The van der Waals surface area contributed by atoms with Crippen molar-refractivity contribution in [2.75, 3.05) is 26.8 Å². The average molecular weight is 234 g/mol. The number of nitrogens with one attached hydrogen (secondary N) is 1. The Hall–Kier alpha value is -1.91. The molecule has 0 aliphatic carbocycles. The number of fused-ring (bicyclic) bond motifs is 1. The number of amidine groups is 1. The predicted octanol–water partition coefficient (Wildman–Crippen LogP) is 0.837. The summed E-state index contributed by atoms with van der Waals surface area (Å²) in [5, 5.41) is 3.20. The zero-order valence-electron chi connectivity index (χ0n) is 9.60. The molecule has 0 spiro atoms. The Labute approximate surface area is 99.4 Å². The summed E-state index contributed by atoms with van der Waals surface area (Å²) in [4.78, 5) is 4.34. The van der Waals surface area contributed by atoms with Crippen LogP contribution in [0.15, 0.2) is 23.2 Å². The molecule has 1 aromatic carbocycles. The lowest BCUT2D eigenvalue weighted by Crippen LogP contribution is -2.42. The molecule has 1 N–H and O–H groups in total. The van der Waals surface area contributed by atoms with E-state index in [0.29, 0.717) is 6.61 Å². The van der Waals surface area contributed by atoms with Crippen molar-refractivity contribution >= 4 is 5.84 Å². The van der Waals surface area contributed by atoms with Gasteiger partial charge in [-0.1, -0.05) is 0 Å². The second kappa shape index (κ2) is 4.16. The van der Waals surface area contributed by atoms with Crippen LogP contribution in [0.5, 0.6) is 17.2 Å². The quantitative estimate of drug-likeness (QED) is 0.823. The molecule has 5 heteroatoms. The van der Waals surface area contributed by atoms with Gasteiger partial charge in [-0.3, -0.25) is 4.99 Å². The lowest BCUT2D eigenvalue weighted by atomic mass is 10.2. The van der Waals surface area contributed by atoms with E-state index in [0.717, 1.165) is 36.2 Å². The van der Waals surface area contributed by atoms with Crippen LogP contribution in [0.1, 0.15) is 0 Å². The van der Waals surface area contributed by atoms with E-state index in [1.54, 1.807) is 7.11 Å². The molecule has 0 amide bonds. The molecule has 2 aliphatic rings. The minimum Gasteiger partial charge on any atom is -0.497 e. The van der Waals surface area contributed by atoms with Crippen LogP contribution in [0.4, 0.5) is 0 Å². The van der Waals surface area contributed by atoms with Crippen molar-refractivity contribution in [2.45, 2.75) is 6.10 Å². The number of hydrogen-bond donors (Lipinski definition) is 1. The van der Waals surface area contributed by atoms with E-state index in [1.807, 2.05) is 18.2 Å². The standard InChI is InChI=1S/C12H14N2O3/c1-15-8-2-3-9-10(6-8)16-7-11(17-9)12-13-4-5-14-12/h2-3,6,11H,4-5,7H2,1H3,(H,13,14). The molecular formula is C12H14N2O3. The van der Waals surface area contributed by atoms with Gasteiger partial charge in [0.15, 0.2) is 17.6 Å². The SMILES string of the molecule is COc1ccc2c(c1)OCC(C1=NCCN1)O2. The number of benzene rings is 1. The minimum atomic E-state index is -0.126. The van der Waals surface area contributed by atoms with E-state index >= 15 is 0 Å². The van der Waals surface area contributed by atoms with Crippen molar-refractivity contribution in [2.24, 2.45) is 4.99 Å². The third-order valence-electron chi connectivity index (χ3n) is 2.82. The monoisotopic (exact) mass is 234 g/mol. The number of nitrogens with zero attached hydrogens (tertiary/aromatic N) is 1. The summed E-state index contributed by atoms with van der Waals surface area (Å²) in [5.74, 6) is 3.10. The van der Waals surface area contributed by atoms with Gasteiger partial charge in [0.1, 0.15) is 18.2 Å². The first-order valence-electron chi connectivity index (χ1n) is 5.62. The zero-order chi connectivity index (χ0) is 11.7. The van der Waals surface area contributed by atoms with Gasteiger partial charge in [-0.2, -0.15) is 0 Å². The second-order valence-electron chi connectivity index (χ2n) is 3.92. The topological polar surface area (TPSA) is 52.1 Å². The molecule has 5 nitrogen and oxygen atoms in total. The molecular weight excluding hydrogens is 220 g/mol. The van der Waals surface area contributed by atoms with Crippen LogP contribution in [0.2, 0.25) is 0 Å². The number of ether oxygens (including phenoxy) is 3. The third kappa shape index (κ3) is 1.88. The number of aliphatic imine (C=N–C) groups is 1. The fourth-order valence-corrected chi connectivity index (χ4v) is 1.94. The highest BCUT2D eigenvalue weighted by Crippen LogP contribution is 2.35. The maximum Gasteiger partial charge on any atom is 0.189 e. The van der Waals surface area contributed by atoms with E-state index in [4.69, 9.17) is 14.2 Å². The highest BCUT2D eigenvalue weighted by Gasteiger charge is 2.27. The van der Waals surface area contributed by atoms with Gasteiger partial charge in [0.2, 0.25) is 0 Å². The van der Waals surface area contributed by atoms with Crippen molar-refractivity contribution in [1.29, 1.82) is 0 Å². The zero-order valence-corrected chi connectivity index (χ0v) is 9.60. The summed E-state index contributed by atoms with van der Waals surface area (Å²) in [5.41, 5.74) is 0. The molecule has 0 aromatic heterocycles. The van der Waals surface area contributed by atoms with Gasteiger partial charge in [0.05, 0.1) is 13.7 Å². The summed E-state index contributed by atoms with van der Waals surface area (Å²) in [6.07, 6.45) is -0.126. The van der Waals surface area contributed by atoms with Gasteiger partial charge in [0, 0.05) is 12.6 Å². The number of methoxy groups -OCH3 is 1. The molecule has 0 saturated carbocycles.